The fourth-order valence-electron chi connectivity index (χ4n) is 2.76. The van der Waals surface area contributed by atoms with Crippen LogP contribution in [0, 0.1) is 0 Å². The second-order valence-electron chi connectivity index (χ2n) is 5.36. The monoisotopic (exact) mass is 320 g/mol. The molecule has 116 valence electrons. The number of nitrogens with two attached hydrogens (primary N) is 1. The van der Waals surface area contributed by atoms with Crippen molar-refractivity contribution in [3.63, 3.8) is 0 Å². The van der Waals surface area contributed by atoms with Crippen molar-refractivity contribution in [2.75, 3.05) is 18.8 Å². The highest BCUT2D eigenvalue weighted by molar-refractivity contribution is 6.33. The van der Waals surface area contributed by atoms with Gasteiger partial charge in [-0.1, -0.05) is 17.7 Å². The van der Waals surface area contributed by atoms with Crippen molar-refractivity contribution in [2.24, 2.45) is 0 Å². The van der Waals surface area contributed by atoms with Gasteiger partial charge < -0.3 is 20.7 Å². The highest BCUT2D eigenvalue weighted by atomic mass is 35.5. The van der Waals surface area contributed by atoms with E-state index in [2.05, 4.69) is 10.3 Å². The van der Waals surface area contributed by atoms with Gasteiger partial charge in [-0.2, -0.15) is 0 Å². The molecule has 2 heterocycles. The molecule has 0 spiro atoms. The van der Waals surface area contributed by atoms with Gasteiger partial charge in [-0.15, -0.1) is 0 Å². The van der Waals surface area contributed by atoms with E-state index in [9.17, 15) is 9.90 Å². The lowest BCUT2D eigenvalue weighted by molar-refractivity contribution is 0.364. The van der Waals surface area contributed by atoms with Crippen molar-refractivity contribution in [3.8, 4) is 17.0 Å². The molecule has 3 rings (SSSR count). The SMILES string of the molecule is Nc1nc(-c2c(O)cccc2Cl)cn(C2CCCNC2)c1=O. The van der Waals surface area contributed by atoms with E-state index in [1.165, 1.54) is 6.07 Å². The number of halogens is 1. The molecular weight excluding hydrogens is 304 g/mol. The number of hydrogen-bond acceptors (Lipinski definition) is 5. The van der Waals surface area contributed by atoms with Gasteiger partial charge in [-0.3, -0.25) is 4.79 Å². The zero-order valence-electron chi connectivity index (χ0n) is 11.9. The van der Waals surface area contributed by atoms with Crippen LogP contribution >= 0.6 is 11.6 Å². The Morgan fingerprint density at radius 3 is 2.95 bits per heavy atom. The highest BCUT2D eigenvalue weighted by Gasteiger charge is 2.20. The third kappa shape index (κ3) is 2.67. The van der Waals surface area contributed by atoms with Gasteiger partial charge in [-0.25, -0.2) is 4.98 Å². The minimum Gasteiger partial charge on any atom is -0.507 e. The molecule has 0 aliphatic carbocycles. The highest BCUT2D eigenvalue weighted by Crippen LogP contribution is 2.34. The number of benzene rings is 1. The number of aromatic nitrogens is 2. The number of piperidine rings is 1. The van der Waals surface area contributed by atoms with Crippen LogP contribution in [0.2, 0.25) is 5.02 Å². The van der Waals surface area contributed by atoms with Crippen molar-refractivity contribution >= 4 is 17.4 Å². The van der Waals surface area contributed by atoms with Crippen molar-refractivity contribution in [1.29, 1.82) is 0 Å². The minimum atomic E-state index is -0.316. The van der Waals surface area contributed by atoms with E-state index >= 15 is 0 Å². The summed E-state index contributed by atoms with van der Waals surface area (Å²) in [6.07, 6.45) is 3.51. The average molecular weight is 321 g/mol. The van der Waals surface area contributed by atoms with Crippen molar-refractivity contribution in [1.82, 2.24) is 14.9 Å². The van der Waals surface area contributed by atoms with E-state index in [0.717, 1.165) is 19.4 Å². The summed E-state index contributed by atoms with van der Waals surface area (Å²) in [6, 6.07) is 4.85. The molecule has 0 radical (unpaired) electrons. The minimum absolute atomic E-state index is 0.00590. The van der Waals surface area contributed by atoms with Crippen LogP contribution in [0.3, 0.4) is 0 Å². The summed E-state index contributed by atoms with van der Waals surface area (Å²) in [5.74, 6) is -0.0891. The van der Waals surface area contributed by atoms with Gasteiger partial charge >= 0.3 is 0 Å². The maximum atomic E-state index is 12.3. The predicted molar refractivity (Wildman–Crippen MR) is 86.2 cm³/mol. The smallest absolute Gasteiger partial charge is 0.293 e. The number of nitrogen functional groups attached to an aromatic ring is 1. The van der Waals surface area contributed by atoms with Crippen LogP contribution in [0.4, 0.5) is 5.82 Å². The Labute approximate surface area is 132 Å². The van der Waals surface area contributed by atoms with Gasteiger partial charge in [0.25, 0.3) is 5.56 Å². The first-order valence-corrected chi connectivity index (χ1v) is 7.53. The lowest BCUT2D eigenvalue weighted by Gasteiger charge is -2.25. The van der Waals surface area contributed by atoms with Crippen LogP contribution in [0.1, 0.15) is 18.9 Å². The van der Waals surface area contributed by atoms with Crippen molar-refractivity contribution in [3.05, 3.63) is 39.8 Å². The Kier molecular flexibility index (Phi) is 4.04. The van der Waals surface area contributed by atoms with Gasteiger partial charge in [0.2, 0.25) is 0 Å². The molecule has 1 unspecified atom stereocenters. The number of rotatable bonds is 2. The molecule has 1 atom stereocenters. The average Bonchev–Trinajstić information content (AvgIpc) is 2.51. The Morgan fingerprint density at radius 1 is 1.45 bits per heavy atom. The third-order valence-electron chi connectivity index (χ3n) is 3.87. The molecule has 1 aromatic carbocycles. The van der Waals surface area contributed by atoms with E-state index < -0.39 is 0 Å². The number of phenols is 1. The molecule has 1 fully saturated rings. The summed E-state index contributed by atoms with van der Waals surface area (Å²) in [5, 5.41) is 13.7. The predicted octanol–water partition coefficient (Wildman–Crippen LogP) is 1.78. The molecule has 4 N–H and O–H groups in total. The van der Waals surface area contributed by atoms with Crippen LogP contribution in [0.25, 0.3) is 11.3 Å². The lowest BCUT2D eigenvalue weighted by Crippen LogP contribution is -2.37. The molecule has 1 aliphatic heterocycles. The van der Waals surface area contributed by atoms with Gasteiger partial charge in [0.1, 0.15) is 5.75 Å². The number of nitrogens with zero attached hydrogens (tertiary/aromatic N) is 2. The van der Waals surface area contributed by atoms with Crippen molar-refractivity contribution in [2.45, 2.75) is 18.9 Å². The summed E-state index contributed by atoms with van der Waals surface area (Å²) in [7, 11) is 0. The second-order valence-corrected chi connectivity index (χ2v) is 5.77. The first-order valence-electron chi connectivity index (χ1n) is 7.15. The second kappa shape index (κ2) is 5.98. The molecule has 6 nitrogen and oxygen atoms in total. The standard InChI is InChI=1S/C15H17ClN4O2/c16-10-4-1-5-12(21)13(10)11-8-20(15(22)14(17)19-11)9-3-2-6-18-7-9/h1,4-5,8-9,18,21H,2-3,6-7H2,(H2,17,19). The zero-order chi connectivity index (χ0) is 15.7. The topological polar surface area (TPSA) is 93.2 Å². The van der Waals surface area contributed by atoms with E-state index in [0.29, 0.717) is 22.8 Å². The van der Waals surface area contributed by atoms with Gasteiger partial charge in [0.05, 0.1) is 16.3 Å². The molecule has 1 aliphatic rings. The summed E-state index contributed by atoms with van der Waals surface area (Å²) in [5.41, 5.74) is 6.24. The lowest BCUT2D eigenvalue weighted by atomic mass is 10.1. The number of aromatic hydroxyl groups is 1. The van der Waals surface area contributed by atoms with Crippen LogP contribution in [-0.4, -0.2) is 27.7 Å². The molecule has 1 saturated heterocycles. The van der Waals surface area contributed by atoms with Gasteiger partial charge in [0.15, 0.2) is 5.82 Å². The molecule has 1 aromatic heterocycles. The Morgan fingerprint density at radius 2 is 2.27 bits per heavy atom. The largest absolute Gasteiger partial charge is 0.507 e. The fourth-order valence-corrected chi connectivity index (χ4v) is 3.02. The van der Waals surface area contributed by atoms with E-state index in [1.807, 2.05) is 0 Å². The van der Waals surface area contributed by atoms with E-state index in [1.54, 1.807) is 22.9 Å². The van der Waals surface area contributed by atoms with Gasteiger partial charge in [0, 0.05) is 18.8 Å². The van der Waals surface area contributed by atoms with Crippen LogP contribution in [0.5, 0.6) is 5.75 Å². The Bertz CT molecular complexity index is 733. The molecule has 7 heteroatoms. The normalized spacial score (nSPS) is 18.3. The van der Waals surface area contributed by atoms with E-state index in [-0.39, 0.29) is 23.2 Å². The third-order valence-corrected chi connectivity index (χ3v) is 4.18. The maximum absolute atomic E-state index is 12.3. The first-order chi connectivity index (χ1) is 10.6. The summed E-state index contributed by atoms with van der Waals surface area (Å²) >= 11 is 6.15. The number of anilines is 1. The van der Waals surface area contributed by atoms with Crippen LogP contribution in [0.15, 0.2) is 29.2 Å². The molecule has 2 aromatic rings. The molecular formula is C15H17ClN4O2. The van der Waals surface area contributed by atoms with E-state index in [4.69, 9.17) is 17.3 Å². The molecule has 0 amide bonds. The number of phenolic OH excluding ortho intramolecular Hbond substituents is 1. The molecule has 22 heavy (non-hydrogen) atoms. The van der Waals surface area contributed by atoms with Crippen LogP contribution < -0.4 is 16.6 Å². The number of hydrogen-bond donors (Lipinski definition) is 3. The summed E-state index contributed by atoms with van der Waals surface area (Å²) in [4.78, 5) is 16.4. The Hall–Kier alpha value is -2.05. The van der Waals surface area contributed by atoms with Crippen molar-refractivity contribution < 1.29 is 5.11 Å². The van der Waals surface area contributed by atoms with Gasteiger partial charge in [-0.05, 0) is 31.5 Å². The maximum Gasteiger partial charge on any atom is 0.293 e. The summed E-state index contributed by atoms with van der Waals surface area (Å²) < 4.78 is 1.59. The molecule has 0 saturated carbocycles. The summed E-state index contributed by atoms with van der Waals surface area (Å²) in [6.45, 7) is 1.65. The zero-order valence-corrected chi connectivity index (χ0v) is 12.7. The molecule has 0 bridgehead atoms. The van der Waals surface area contributed by atoms with Crippen LogP contribution in [-0.2, 0) is 0 Å². The fraction of sp³-hybridized carbons (Fsp3) is 0.333. The quantitative estimate of drug-likeness (QED) is 0.784. The Balaban J connectivity index is 2.14. The first kappa shape index (κ1) is 14.9. The number of nitrogens with one attached hydrogen (secondary N) is 1.